The SMILES string of the molecule is Cc1ccc(COc2ccc(Cl)cc2CNCCNC(=O)c2nonc2N)cc1. The summed E-state index contributed by atoms with van der Waals surface area (Å²) in [7, 11) is 0. The van der Waals surface area contributed by atoms with Crippen molar-refractivity contribution in [3.63, 3.8) is 0 Å². The van der Waals surface area contributed by atoms with Crippen LogP contribution in [0.2, 0.25) is 5.02 Å². The number of aryl methyl sites for hydroxylation is 1. The molecule has 0 fully saturated rings. The van der Waals surface area contributed by atoms with Crippen molar-refractivity contribution in [3.05, 3.63) is 69.9 Å². The van der Waals surface area contributed by atoms with E-state index in [9.17, 15) is 4.79 Å². The number of benzene rings is 2. The minimum absolute atomic E-state index is 0.0216. The number of hydrogen-bond acceptors (Lipinski definition) is 7. The summed E-state index contributed by atoms with van der Waals surface area (Å²) in [4.78, 5) is 11.9. The first-order chi connectivity index (χ1) is 14.0. The minimum atomic E-state index is -0.435. The second kappa shape index (κ2) is 9.90. The van der Waals surface area contributed by atoms with Crippen LogP contribution in [-0.4, -0.2) is 29.3 Å². The highest BCUT2D eigenvalue weighted by Crippen LogP contribution is 2.24. The zero-order valence-electron chi connectivity index (χ0n) is 15.9. The Morgan fingerprint density at radius 1 is 1.17 bits per heavy atom. The predicted octanol–water partition coefficient (Wildman–Crippen LogP) is 2.71. The summed E-state index contributed by atoms with van der Waals surface area (Å²) < 4.78 is 10.4. The topological polar surface area (TPSA) is 115 Å². The molecule has 1 heterocycles. The van der Waals surface area contributed by atoms with Crippen LogP contribution >= 0.6 is 11.6 Å². The van der Waals surface area contributed by atoms with Crippen molar-refractivity contribution in [1.82, 2.24) is 20.9 Å². The molecule has 0 unspecified atom stereocenters. The number of aromatic nitrogens is 2. The van der Waals surface area contributed by atoms with Gasteiger partial charge in [-0.2, -0.15) is 0 Å². The van der Waals surface area contributed by atoms with E-state index >= 15 is 0 Å². The van der Waals surface area contributed by atoms with Gasteiger partial charge in [-0.05, 0) is 41.0 Å². The number of carbonyl (C=O) groups excluding carboxylic acids is 1. The first-order valence-corrected chi connectivity index (χ1v) is 9.44. The second-order valence-electron chi connectivity index (χ2n) is 6.46. The summed E-state index contributed by atoms with van der Waals surface area (Å²) in [5.41, 5.74) is 8.70. The Kier molecular flexibility index (Phi) is 7.04. The van der Waals surface area contributed by atoms with Crippen LogP contribution in [-0.2, 0) is 13.2 Å². The molecule has 4 N–H and O–H groups in total. The van der Waals surface area contributed by atoms with Gasteiger partial charge in [-0.1, -0.05) is 41.4 Å². The number of anilines is 1. The minimum Gasteiger partial charge on any atom is -0.489 e. The number of hydrogen-bond donors (Lipinski definition) is 3. The van der Waals surface area contributed by atoms with Gasteiger partial charge < -0.3 is 21.1 Å². The number of nitrogens with one attached hydrogen (secondary N) is 2. The molecule has 0 atom stereocenters. The lowest BCUT2D eigenvalue weighted by molar-refractivity contribution is 0.0944. The number of nitrogens with zero attached hydrogens (tertiary/aromatic N) is 2. The predicted molar refractivity (Wildman–Crippen MR) is 110 cm³/mol. The van der Waals surface area contributed by atoms with Gasteiger partial charge in [-0.3, -0.25) is 4.79 Å². The van der Waals surface area contributed by atoms with Crippen molar-refractivity contribution in [2.45, 2.75) is 20.1 Å². The lowest BCUT2D eigenvalue weighted by atomic mass is 10.1. The normalized spacial score (nSPS) is 10.7. The van der Waals surface area contributed by atoms with Gasteiger partial charge in [-0.25, -0.2) is 4.63 Å². The van der Waals surface area contributed by atoms with Gasteiger partial charge in [0.05, 0.1) is 0 Å². The van der Waals surface area contributed by atoms with Crippen molar-refractivity contribution in [1.29, 1.82) is 0 Å². The highest BCUT2D eigenvalue weighted by atomic mass is 35.5. The van der Waals surface area contributed by atoms with Crippen LogP contribution in [0.25, 0.3) is 0 Å². The average Bonchev–Trinajstić information content (AvgIpc) is 3.14. The molecule has 0 saturated carbocycles. The average molecular weight is 416 g/mol. The van der Waals surface area contributed by atoms with Crippen LogP contribution in [0.3, 0.4) is 0 Å². The summed E-state index contributed by atoms with van der Waals surface area (Å²) in [5.74, 6) is 0.285. The fourth-order valence-electron chi connectivity index (χ4n) is 2.60. The smallest absolute Gasteiger partial charge is 0.277 e. The Hall–Kier alpha value is -3.10. The van der Waals surface area contributed by atoms with E-state index in [0.29, 0.717) is 31.3 Å². The van der Waals surface area contributed by atoms with E-state index in [0.717, 1.165) is 16.9 Å². The summed E-state index contributed by atoms with van der Waals surface area (Å²) >= 11 is 6.13. The first-order valence-electron chi connectivity index (χ1n) is 9.06. The molecule has 0 saturated heterocycles. The molecule has 29 heavy (non-hydrogen) atoms. The van der Waals surface area contributed by atoms with Crippen LogP contribution in [0.1, 0.15) is 27.2 Å². The number of amides is 1. The Morgan fingerprint density at radius 2 is 1.97 bits per heavy atom. The van der Waals surface area contributed by atoms with E-state index in [1.54, 1.807) is 6.07 Å². The van der Waals surface area contributed by atoms with Gasteiger partial charge in [0.1, 0.15) is 12.4 Å². The van der Waals surface area contributed by atoms with E-state index in [-0.39, 0.29) is 11.5 Å². The third-order valence-corrected chi connectivity index (χ3v) is 4.40. The van der Waals surface area contributed by atoms with Crippen molar-refractivity contribution < 1.29 is 14.2 Å². The number of nitrogen functional groups attached to an aromatic ring is 1. The van der Waals surface area contributed by atoms with Gasteiger partial charge in [0, 0.05) is 30.2 Å². The Morgan fingerprint density at radius 3 is 2.69 bits per heavy atom. The van der Waals surface area contributed by atoms with E-state index in [4.69, 9.17) is 22.1 Å². The number of halogens is 1. The van der Waals surface area contributed by atoms with E-state index < -0.39 is 5.91 Å². The monoisotopic (exact) mass is 415 g/mol. The molecular weight excluding hydrogens is 394 g/mol. The molecule has 0 radical (unpaired) electrons. The molecule has 0 aliphatic heterocycles. The van der Waals surface area contributed by atoms with Crippen molar-refractivity contribution in [2.75, 3.05) is 18.8 Å². The summed E-state index contributed by atoms with van der Waals surface area (Å²) in [6.07, 6.45) is 0. The van der Waals surface area contributed by atoms with Crippen LogP contribution in [0.5, 0.6) is 5.75 Å². The first kappa shape index (κ1) is 20.6. The van der Waals surface area contributed by atoms with E-state index in [1.165, 1.54) is 5.56 Å². The molecule has 152 valence electrons. The third kappa shape index (κ3) is 5.94. The molecule has 0 aliphatic carbocycles. The maximum atomic E-state index is 11.9. The molecule has 0 spiro atoms. The van der Waals surface area contributed by atoms with Crippen molar-refractivity contribution in [3.8, 4) is 5.75 Å². The highest BCUT2D eigenvalue weighted by molar-refractivity contribution is 6.30. The molecule has 2 aromatic carbocycles. The number of rotatable bonds is 9. The van der Waals surface area contributed by atoms with Crippen LogP contribution in [0.4, 0.5) is 5.82 Å². The number of nitrogens with two attached hydrogens (primary N) is 1. The quantitative estimate of drug-likeness (QED) is 0.460. The third-order valence-electron chi connectivity index (χ3n) is 4.17. The van der Waals surface area contributed by atoms with Crippen LogP contribution in [0.15, 0.2) is 47.1 Å². The molecule has 3 rings (SSSR count). The molecule has 9 heteroatoms. The van der Waals surface area contributed by atoms with Gasteiger partial charge in [0.15, 0.2) is 0 Å². The number of ether oxygens (including phenoxy) is 1. The van der Waals surface area contributed by atoms with Crippen molar-refractivity contribution >= 4 is 23.3 Å². The molecular formula is C20H22ClN5O3. The number of carbonyl (C=O) groups is 1. The maximum absolute atomic E-state index is 11.9. The molecule has 1 amide bonds. The Bertz CT molecular complexity index is 959. The Balaban J connectivity index is 1.48. The van der Waals surface area contributed by atoms with E-state index in [1.807, 2.05) is 31.2 Å². The highest BCUT2D eigenvalue weighted by Gasteiger charge is 2.15. The summed E-state index contributed by atoms with van der Waals surface area (Å²) in [6, 6.07) is 13.7. The van der Waals surface area contributed by atoms with Gasteiger partial charge in [0.25, 0.3) is 5.91 Å². The molecule has 3 aromatic rings. The largest absolute Gasteiger partial charge is 0.489 e. The molecule has 8 nitrogen and oxygen atoms in total. The van der Waals surface area contributed by atoms with Gasteiger partial charge in [-0.15, -0.1) is 0 Å². The van der Waals surface area contributed by atoms with E-state index in [2.05, 4.69) is 37.7 Å². The zero-order valence-corrected chi connectivity index (χ0v) is 16.7. The molecule has 1 aromatic heterocycles. The summed E-state index contributed by atoms with van der Waals surface area (Å²) in [6.45, 7) is 3.96. The summed E-state index contributed by atoms with van der Waals surface area (Å²) in [5, 5.41) is 13.4. The van der Waals surface area contributed by atoms with Crippen LogP contribution in [0, 0.1) is 6.92 Å². The Labute approximate surface area is 173 Å². The fraction of sp³-hybridized carbons (Fsp3) is 0.250. The van der Waals surface area contributed by atoms with Gasteiger partial charge >= 0.3 is 0 Å². The van der Waals surface area contributed by atoms with Gasteiger partial charge in [0.2, 0.25) is 11.5 Å². The molecule has 0 aliphatic rings. The second-order valence-corrected chi connectivity index (χ2v) is 6.89. The van der Waals surface area contributed by atoms with Crippen molar-refractivity contribution in [2.24, 2.45) is 0 Å². The standard InChI is InChI=1S/C20H22ClN5O3/c1-13-2-4-14(5-3-13)12-28-17-7-6-16(21)10-15(17)11-23-8-9-24-20(27)18-19(22)26-29-25-18/h2-7,10,23H,8-9,11-12H2,1H3,(H2,22,26)(H,24,27). The maximum Gasteiger partial charge on any atom is 0.277 e. The lowest BCUT2D eigenvalue weighted by Crippen LogP contribution is -2.32. The lowest BCUT2D eigenvalue weighted by Gasteiger charge is -2.13. The zero-order chi connectivity index (χ0) is 20.6. The van der Waals surface area contributed by atoms with Crippen LogP contribution < -0.4 is 21.1 Å². The molecule has 0 bridgehead atoms. The fourth-order valence-corrected chi connectivity index (χ4v) is 2.79.